The number of benzene rings is 1. The molecule has 6 rings (SSSR count). The lowest BCUT2D eigenvalue weighted by Gasteiger charge is -2.16. The Labute approximate surface area is 316 Å². The first-order valence-electron chi connectivity index (χ1n) is 20.7. The molecule has 280 valence electrons. The van der Waals surface area contributed by atoms with Crippen molar-refractivity contribution >= 4 is 40.2 Å². The van der Waals surface area contributed by atoms with Gasteiger partial charge in [0.1, 0.15) is 0 Å². The van der Waals surface area contributed by atoms with Gasteiger partial charge < -0.3 is 14.7 Å². The summed E-state index contributed by atoms with van der Waals surface area (Å²) >= 11 is 0. The number of aromatic amines is 2. The highest BCUT2D eigenvalue weighted by Crippen LogP contribution is 2.33. The van der Waals surface area contributed by atoms with E-state index in [9.17, 15) is 4.79 Å². The molecule has 0 unspecified atom stereocenters. The molecule has 2 aliphatic rings. The van der Waals surface area contributed by atoms with Crippen LogP contribution in [0.4, 0.5) is 0 Å². The first-order valence-corrected chi connectivity index (χ1v) is 20.7. The summed E-state index contributed by atoms with van der Waals surface area (Å²) in [5, 5.41) is 0. The average Bonchev–Trinajstić information content (AvgIpc) is 3.98. The van der Waals surface area contributed by atoms with E-state index in [2.05, 4.69) is 67.2 Å². The molecule has 0 atom stereocenters. The van der Waals surface area contributed by atoms with Gasteiger partial charge in [-0.25, -0.2) is 9.78 Å². The molecule has 3 aromatic heterocycles. The molecule has 53 heavy (non-hydrogen) atoms. The standard InChI is InChI=1S/C47H60N4O2/c1-5-8-11-14-18-35-38-21-17-22-44(50-38)46(33-23-25-34(26-24-33)47(52)53-4)45-32-31-43(51-45)37(20-16-13-10-7-3)42-30-29-41(49-42)36(19-15-12-9-6-2)40-28-27-39(35)48-40/h23-32,48,51H,5-22H2,1-4H3. The number of nitrogens with zero attached hydrogens (tertiary/aromatic N) is 2. The maximum atomic E-state index is 12.4. The van der Waals surface area contributed by atoms with Crippen molar-refractivity contribution in [2.75, 3.05) is 7.11 Å². The molecular weight excluding hydrogens is 653 g/mol. The SMILES string of the molecule is CCCCCCc1c2nc(c(CCCCCC)c3ccc([nH]3)c(-c3ccc(C(=O)OC)cc3)c3nc(c(CCCCCC)c4ccc1[nH]4)CCC3)C=C2. The van der Waals surface area contributed by atoms with Crippen LogP contribution in [0.2, 0.25) is 0 Å². The van der Waals surface area contributed by atoms with E-state index in [1.807, 2.05) is 24.3 Å². The number of carbonyl (C=O) groups excluding carboxylic acids is 1. The normalized spacial score (nSPS) is 12.7. The van der Waals surface area contributed by atoms with E-state index >= 15 is 0 Å². The van der Waals surface area contributed by atoms with Crippen LogP contribution in [0.5, 0.6) is 0 Å². The van der Waals surface area contributed by atoms with Gasteiger partial charge in [0.15, 0.2) is 0 Å². The predicted octanol–water partition coefficient (Wildman–Crippen LogP) is 12.5. The van der Waals surface area contributed by atoms with Crippen molar-refractivity contribution in [3.8, 4) is 11.1 Å². The third-order valence-electron chi connectivity index (χ3n) is 11.0. The number of hydrogen-bond donors (Lipinski definition) is 2. The average molecular weight is 713 g/mol. The number of carbonyl (C=O) groups is 1. The Bertz CT molecular complexity index is 2030. The molecule has 5 heterocycles. The summed E-state index contributed by atoms with van der Waals surface area (Å²) in [5.41, 5.74) is 15.6. The maximum Gasteiger partial charge on any atom is 0.337 e. The number of fused-ring (bicyclic) bond motifs is 8. The van der Waals surface area contributed by atoms with Gasteiger partial charge in [-0.3, -0.25) is 4.98 Å². The van der Waals surface area contributed by atoms with E-state index in [1.54, 1.807) is 0 Å². The van der Waals surface area contributed by atoms with E-state index < -0.39 is 0 Å². The fourth-order valence-corrected chi connectivity index (χ4v) is 8.05. The highest BCUT2D eigenvalue weighted by molar-refractivity contribution is 5.91. The zero-order valence-electron chi connectivity index (χ0n) is 32.7. The molecule has 0 spiro atoms. The number of H-pyrrole nitrogens is 2. The molecule has 2 aliphatic heterocycles. The number of ether oxygens (including phenoxy) is 1. The second-order valence-corrected chi connectivity index (χ2v) is 15.0. The zero-order chi connectivity index (χ0) is 37.0. The van der Waals surface area contributed by atoms with Gasteiger partial charge in [-0.15, -0.1) is 0 Å². The van der Waals surface area contributed by atoms with Crippen LogP contribution >= 0.6 is 0 Å². The Balaban J connectivity index is 1.65. The molecule has 6 nitrogen and oxygen atoms in total. The highest BCUT2D eigenvalue weighted by Gasteiger charge is 2.19. The molecule has 0 radical (unpaired) electrons. The summed E-state index contributed by atoms with van der Waals surface area (Å²) in [6.45, 7) is 6.82. The van der Waals surface area contributed by atoms with Crippen molar-refractivity contribution in [2.24, 2.45) is 0 Å². The van der Waals surface area contributed by atoms with Crippen molar-refractivity contribution in [2.45, 2.75) is 136 Å². The van der Waals surface area contributed by atoms with Crippen LogP contribution in [-0.2, 0) is 36.8 Å². The minimum Gasteiger partial charge on any atom is -0.465 e. The Kier molecular flexibility index (Phi) is 13.8. The Morgan fingerprint density at radius 1 is 0.585 bits per heavy atom. The lowest BCUT2D eigenvalue weighted by Crippen LogP contribution is -2.08. The number of aromatic nitrogens is 4. The van der Waals surface area contributed by atoms with Gasteiger partial charge in [-0.2, -0.15) is 0 Å². The van der Waals surface area contributed by atoms with Crippen LogP contribution in [0, 0.1) is 0 Å². The van der Waals surface area contributed by atoms with Crippen molar-refractivity contribution in [3.63, 3.8) is 0 Å². The number of aryl methyl sites for hydroxylation is 5. The topological polar surface area (TPSA) is 83.7 Å². The quantitative estimate of drug-likeness (QED) is 0.0742. The highest BCUT2D eigenvalue weighted by atomic mass is 16.5. The number of nitrogens with one attached hydrogen (secondary N) is 2. The predicted molar refractivity (Wildman–Crippen MR) is 222 cm³/mol. The summed E-state index contributed by atoms with van der Waals surface area (Å²) in [6, 6.07) is 16.9. The van der Waals surface area contributed by atoms with Gasteiger partial charge in [-0.1, -0.05) is 90.7 Å². The van der Waals surface area contributed by atoms with Gasteiger partial charge in [0.25, 0.3) is 0 Å². The van der Waals surface area contributed by atoms with Gasteiger partial charge >= 0.3 is 5.97 Å². The minimum atomic E-state index is -0.329. The van der Waals surface area contributed by atoms with E-state index in [0.717, 1.165) is 97.0 Å². The third-order valence-corrected chi connectivity index (χ3v) is 11.0. The Morgan fingerprint density at radius 3 is 1.62 bits per heavy atom. The molecule has 8 bridgehead atoms. The lowest BCUT2D eigenvalue weighted by atomic mass is 9.95. The number of esters is 1. The fourth-order valence-electron chi connectivity index (χ4n) is 8.05. The second kappa shape index (κ2) is 19.0. The van der Waals surface area contributed by atoms with Crippen LogP contribution in [0.3, 0.4) is 0 Å². The first kappa shape index (κ1) is 38.3. The summed E-state index contributed by atoms with van der Waals surface area (Å²) in [4.78, 5) is 31.2. The smallest absolute Gasteiger partial charge is 0.337 e. The Hall–Kier alpha value is -4.45. The van der Waals surface area contributed by atoms with E-state index in [1.165, 1.54) is 98.3 Å². The summed E-state index contributed by atoms with van der Waals surface area (Å²) in [6.07, 6.45) is 24.9. The van der Waals surface area contributed by atoms with Crippen molar-refractivity contribution in [3.05, 3.63) is 93.6 Å². The molecule has 0 saturated heterocycles. The van der Waals surface area contributed by atoms with E-state index in [0.29, 0.717) is 5.56 Å². The molecule has 0 amide bonds. The number of rotatable bonds is 17. The van der Waals surface area contributed by atoms with Gasteiger partial charge in [0.2, 0.25) is 0 Å². The first-order chi connectivity index (χ1) is 26.0. The van der Waals surface area contributed by atoms with Gasteiger partial charge in [0.05, 0.1) is 29.8 Å². The maximum absolute atomic E-state index is 12.4. The summed E-state index contributed by atoms with van der Waals surface area (Å²) in [7, 11) is 1.43. The largest absolute Gasteiger partial charge is 0.465 e. The summed E-state index contributed by atoms with van der Waals surface area (Å²) in [5.74, 6) is -0.329. The van der Waals surface area contributed by atoms with Crippen LogP contribution in [0.1, 0.15) is 154 Å². The molecule has 6 heteroatoms. The third kappa shape index (κ3) is 9.38. The summed E-state index contributed by atoms with van der Waals surface area (Å²) < 4.78 is 5.03. The molecule has 0 fully saturated rings. The number of unbranched alkanes of at least 4 members (excludes halogenated alkanes) is 9. The molecule has 0 aliphatic carbocycles. The fraction of sp³-hybridized carbons (Fsp3) is 0.468. The second-order valence-electron chi connectivity index (χ2n) is 15.0. The lowest BCUT2D eigenvalue weighted by molar-refractivity contribution is 0.0600. The van der Waals surface area contributed by atoms with Crippen LogP contribution in [0.15, 0.2) is 48.5 Å². The number of hydrogen-bond acceptors (Lipinski definition) is 4. The van der Waals surface area contributed by atoms with E-state index in [4.69, 9.17) is 14.7 Å². The van der Waals surface area contributed by atoms with Crippen LogP contribution in [-0.4, -0.2) is 33.0 Å². The molecule has 0 saturated carbocycles. The molecular formula is C47H60N4O2. The van der Waals surface area contributed by atoms with Gasteiger partial charge in [0, 0.05) is 44.5 Å². The van der Waals surface area contributed by atoms with Crippen molar-refractivity contribution < 1.29 is 9.53 Å². The monoisotopic (exact) mass is 712 g/mol. The molecule has 1 aromatic carbocycles. The zero-order valence-corrected chi connectivity index (χ0v) is 32.7. The molecule has 2 N–H and O–H groups in total. The van der Waals surface area contributed by atoms with Gasteiger partial charge in [-0.05, 0) is 117 Å². The van der Waals surface area contributed by atoms with Crippen LogP contribution in [0.25, 0.3) is 45.3 Å². The molecule has 4 aromatic rings. The van der Waals surface area contributed by atoms with Crippen molar-refractivity contribution in [1.29, 1.82) is 0 Å². The number of methoxy groups -OCH3 is 1. The van der Waals surface area contributed by atoms with Crippen molar-refractivity contribution in [1.82, 2.24) is 19.9 Å². The van der Waals surface area contributed by atoms with E-state index in [-0.39, 0.29) is 5.97 Å². The minimum absolute atomic E-state index is 0.329. The van der Waals surface area contributed by atoms with Crippen LogP contribution < -0.4 is 0 Å². The Morgan fingerprint density at radius 2 is 1.08 bits per heavy atom.